The van der Waals surface area contributed by atoms with E-state index in [1.807, 2.05) is 30.9 Å². The van der Waals surface area contributed by atoms with Gasteiger partial charge < -0.3 is 15.5 Å². The van der Waals surface area contributed by atoms with Crippen molar-refractivity contribution in [2.75, 3.05) is 5.32 Å². The molecule has 2 saturated heterocycles. The number of amides is 3. The molecular formula is C23H26FN3O2. The number of rotatable bonds is 3. The topological polar surface area (TPSA) is 61.4 Å². The lowest BCUT2D eigenvalue weighted by Crippen LogP contribution is -2.53. The summed E-state index contributed by atoms with van der Waals surface area (Å²) in [5, 5.41) is 6.12. The van der Waals surface area contributed by atoms with Crippen LogP contribution in [0, 0.1) is 19.7 Å². The number of piperidine rings is 1. The molecule has 6 heteroatoms. The maximum absolute atomic E-state index is 13.1. The average Bonchev–Trinajstić information content (AvgIpc) is 2.95. The normalized spacial score (nSPS) is 23.0. The summed E-state index contributed by atoms with van der Waals surface area (Å²) in [6.07, 6.45) is 3.38. The fourth-order valence-corrected chi connectivity index (χ4v) is 4.63. The highest BCUT2D eigenvalue weighted by molar-refractivity contribution is 5.94. The standard InChI is InChI=1S/C23H26FN3O2/c1-14-3-10-21(15(2)11-14)26-23(29)27-19-8-9-20(27)13-18(12-19)25-22(28)16-4-6-17(24)7-5-16/h3-7,10-11,18-20H,8-9,12-13H2,1-2H3,(H,25,28)(H,26,29). The van der Waals surface area contributed by atoms with Gasteiger partial charge in [-0.15, -0.1) is 0 Å². The van der Waals surface area contributed by atoms with Crippen molar-refractivity contribution in [2.45, 2.75) is 57.7 Å². The number of benzene rings is 2. The highest BCUT2D eigenvalue weighted by Gasteiger charge is 2.43. The zero-order valence-electron chi connectivity index (χ0n) is 16.7. The number of fused-ring (bicyclic) bond motifs is 2. The molecule has 4 rings (SSSR count). The molecule has 3 amide bonds. The molecule has 2 aromatic carbocycles. The van der Waals surface area contributed by atoms with Gasteiger partial charge in [0.05, 0.1) is 0 Å². The van der Waals surface area contributed by atoms with Crippen LogP contribution in [0.5, 0.6) is 0 Å². The predicted octanol–water partition coefficient (Wildman–Crippen LogP) is 4.40. The Kier molecular flexibility index (Phi) is 5.26. The van der Waals surface area contributed by atoms with Crippen LogP contribution in [0.25, 0.3) is 0 Å². The third-order valence-electron chi connectivity index (χ3n) is 6.03. The first-order valence-electron chi connectivity index (χ1n) is 10.1. The Labute approximate surface area is 170 Å². The summed E-state index contributed by atoms with van der Waals surface area (Å²) in [5.74, 6) is -0.551. The quantitative estimate of drug-likeness (QED) is 0.809. The fourth-order valence-electron chi connectivity index (χ4n) is 4.63. The number of carbonyl (C=O) groups excluding carboxylic acids is 2. The van der Waals surface area contributed by atoms with Gasteiger partial charge >= 0.3 is 6.03 Å². The minimum absolute atomic E-state index is 0.0233. The molecule has 2 aromatic rings. The zero-order valence-corrected chi connectivity index (χ0v) is 16.7. The Bertz CT molecular complexity index is 914. The van der Waals surface area contributed by atoms with Crippen molar-refractivity contribution in [1.29, 1.82) is 0 Å². The molecule has 0 aliphatic carbocycles. The third-order valence-corrected chi connectivity index (χ3v) is 6.03. The third kappa shape index (κ3) is 4.11. The van der Waals surface area contributed by atoms with Gasteiger partial charge in [0.2, 0.25) is 0 Å². The number of nitrogens with one attached hydrogen (secondary N) is 2. The number of hydrogen-bond donors (Lipinski definition) is 2. The van der Waals surface area contributed by atoms with Crippen molar-refractivity contribution in [3.05, 3.63) is 65.0 Å². The summed E-state index contributed by atoms with van der Waals surface area (Å²) in [5.41, 5.74) is 3.51. The number of halogens is 1. The number of carbonyl (C=O) groups is 2. The number of hydrogen-bond acceptors (Lipinski definition) is 2. The molecule has 2 unspecified atom stereocenters. The molecule has 2 bridgehead atoms. The van der Waals surface area contributed by atoms with E-state index in [2.05, 4.69) is 16.7 Å². The summed E-state index contributed by atoms with van der Waals surface area (Å²) >= 11 is 0. The molecule has 2 N–H and O–H groups in total. The Balaban J connectivity index is 1.39. The minimum atomic E-state index is -0.359. The highest BCUT2D eigenvalue weighted by Crippen LogP contribution is 2.36. The van der Waals surface area contributed by atoms with Gasteiger partial charge in [-0.1, -0.05) is 17.7 Å². The van der Waals surface area contributed by atoms with Crippen molar-refractivity contribution in [3.63, 3.8) is 0 Å². The number of aryl methyl sites for hydroxylation is 2. The Morgan fingerprint density at radius 2 is 1.66 bits per heavy atom. The molecule has 0 aromatic heterocycles. The molecule has 2 heterocycles. The van der Waals surface area contributed by atoms with E-state index in [0.717, 1.165) is 36.9 Å². The number of urea groups is 1. The molecule has 2 atom stereocenters. The molecule has 152 valence electrons. The molecule has 0 saturated carbocycles. The second-order valence-electron chi connectivity index (χ2n) is 8.19. The molecule has 0 spiro atoms. The van der Waals surface area contributed by atoms with Gasteiger partial charge in [0.1, 0.15) is 5.82 Å². The molecule has 29 heavy (non-hydrogen) atoms. The van der Waals surface area contributed by atoms with Crippen LogP contribution in [0.4, 0.5) is 14.9 Å². The second kappa shape index (κ2) is 7.85. The highest BCUT2D eigenvalue weighted by atomic mass is 19.1. The van der Waals surface area contributed by atoms with Crippen LogP contribution >= 0.6 is 0 Å². The van der Waals surface area contributed by atoms with Gasteiger partial charge in [0.25, 0.3) is 5.91 Å². The molecule has 5 nitrogen and oxygen atoms in total. The van der Waals surface area contributed by atoms with E-state index in [1.165, 1.54) is 29.8 Å². The van der Waals surface area contributed by atoms with E-state index in [1.54, 1.807) is 0 Å². The van der Waals surface area contributed by atoms with Gasteiger partial charge in [0, 0.05) is 29.4 Å². The summed E-state index contributed by atoms with van der Waals surface area (Å²) in [6, 6.07) is 11.8. The van der Waals surface area contributed by atoms with Crippen LogP contribution < -0.4 is 10.6 Å². The minimum Gasteiger partial charge on any atom is -0.349 e. The van der Waals surface area contributed by atoms with Gasteiger partial charge in [-0.05, 0) is 75.4 Å². The lowest BCUT2D eigenvalue weighted by Gasteiger charge is -2.39. The maximum Gasteiger partial charge on any atom is 0.322 e. The molecule has 0 radical (unpaired) electrons. The van der Waals surface area contributed by atoms with Gasteiger partial charge in [-0.3, -0.25) is 4.79 Å². The van der Waals surface area contributed by atoms with Crippen molar-refractivity contribution in [3.8, 4) is 0 Å². The van der Waals surface area contributed by atoms with Crippen LogP contribution in [0.15, 0.2) is 42.5 Å². The van der Waals surface area contributed by atoms with Crippen LogP contribution in [-0.4, -0.2) is 35.0 Å². The SMILES string of the molecule is Cc1ccc(NC(=O)N2C3CCC2CC(NC(=O)c2ccc(F)cc2)C3)c(C)c1. The first-order chi connectivity index (χ1) is 13.9. The van der Waals surface area contributed by atoms with Gasteiger partial charge in [-0.2, -0.15) is 0 Å². The fraction of sp³-hybridized carbons (Fsp3) is 0.391. The first-order valence-corrected chi connectivity index (χ1v) is 10.1. The number of anilines is 1. The Hall–Kier alpha value is -2.89. The lowest BCUT2D eigenvalue weighted by atomic mass is 9.97. The van der Waals surface area contributed by atoms with Crippen molar-refractivity contribution >= 4 is 17.6 Å². The summed E-state index contributed by atoms with van der Waals surface area (Å²) in [7, 11) is 0. The van der Waals surface area contributed by atoms with Crippen LogP contribution in [0.3, 0.4) is 0 Å². The predicted molar refractivity (Wildman–Crippen MR) is 110 cm³/mol. The summed E-state index contributed by atoms with van der Waals surface area (Å²) < 4.78 is 13.1. The van der Waals surface area contributed by atoms with Crippen molar-refractivity contribution in [1.82, 2.24) is 10.2 Å². The lowest BCUT2D eigenvalue weighted by molar-refractivity contribution is 0.0891. The van der Waals surface area contributed by atoms with E-state index in [9.17, 15) is 14.0 Å². The van der Waals surface area contributed by atoms with E-state index in [0.29, 0.717) is 5.56 Å². The summed E-state index contributed by atoms with van der Waals surface area (Å²) in [6.45, 7) is 4.03. The number of nitrogens with zero attached hydrogens (tertiary/aromatic N) is 1. The largest absolute Gasteiger partial charge is 0.349 e. The van der Waals surface area contributed by atoms with Crippen molar-refractivity contribution < 1.29 is 14.0 Å². The summed E-state index contributed by atoms with van der Waals surface area (Å²) in [4.78, 5) is 27.4. The van der Waals surface area contributed by atoms with E-state index in [4.69, 9.17) is 0 Å². The average molecular weight is 395 g/mol. The monoisotopic (exact) mass is 395 g/mol. The van der Waals surface area contributed by atoms with Gasteiger partial charge in [-0.25, -0.2) is 9.18 Å². The smallest absolute Gasteiger partial charge is 0.322 e. The van der Waals surface area contributed by atoms with Crippen LogP contribution in [-0.2, 0) is 0 Å². The molecule has 2 aliphatic heterocycles. The van der Waals surface area contributed by atoms with Gasteiger partial charge in [0.15, 0.2) is 0 Å². The second-order valence-corrected chi connectivity index (χ2v) is 8.19. The first kappa shape index (κ1) is 19.4. The molecule has 2 fully saturated rings. The zero-order chi connectivity index (χ0) is 20.5. The van der Waals surface area contributed by atoms with E-state index >= 15 is 0 Å². The Morgan fingerprint density at radius 1 is 1.00 bits per heavy atom. The van der Waals surface area contributed by atoms with Crippen LogP contribution in [0.1, 0.15) is 47.2 Å². The van der Waals surface area contributed by atoms with E-state index in [-0.39, 0.29) is 35.9 Å². The van der Waals surface area contributed by atoms with Crippen LogP contribution in [0.2, 0.25) is 0 Å². The Morgan fingerprint density at radius 3 is 2.28 bits per heavy atom. The van der Waals surface area contributed by atoms with E-state index < -0.39 is 0 Å². The molecule has 2 aliphatic rings. The van der Waals surface area contributed by atoms with Crippen molar-refractivity contribution in [2.24, 2.45) is 0 Å². The molecular weight excluding hydrogens is 369 g/mol. The maximum atomic E-state index is 13.1.